The quantitative estimate of drug-likeness (QED) is 0.614. The molecule has 0 radical (unpaired) electrons. The van der Waals surface area contributed by atoms with Crippen molar-refractivity contribution in [3.63, 3.8) is 0 Å². The van der Waals surface area contributed by atoms with Gasteiger partial charge in [0.2, 0.25) is 0 Å². The zero-order chi connectivity index (χ0) is 16.8. The fourth-order valence-corrected chi connectivity index (χ4v) is 2.14. The van der Waals surface area contributed by atoms with Crippen LogP contribution in [0.15, 0.2) is 60.8 Å². The van der Waals surface area contributed by atoms with Crippen LogP contribution >= 0.6 is 0 Å². The second kappa shape index (κ2) is 7.54. The number of benzene rings is 2. The van der Waals surface area contributed by atoms with E-state index in [4.69, 9.17) is 0 Å². The van der Waals surface area contributed by atoms with E-state index in [9.17, 15) is 9.59 Å². The number of allylic oxidation sites excluding steroid dienone is 1. The van der Waals surface area contributed by atoms with Gasteiger partial charge >= 0.3 is 0 Å². The lowest BCUT2D eigenvalue weighted by Crippen LogP contribution is -1.98. The largest absolute Gasteiger partial charge is 0.362 e. The first-order chi connectivity index (χ1) is 11.0. The van der Waals surface area contributed by atoms with E-state index in [1.54, 1.807) is 18.3 Å². The molecule has 0 heterocycles. The van der Waals surface area contributed by atoms with Crippen molar-refractivity contribution >= 4 is 17.3 Å². The van der Waals surface area contributed by atoms with Crippen LogP contribution in [0.1, 0.15) is 53.0 Å². The van der Waals surface area contributed by atoms with Gasteiger partial charge in [0, 0.05) is 29.1 Å². The van der Waals surface area contributed by atoms with Gasteiger partial charge in [0.15, 0.2) is 11.6 Å². The normalized spacial score (nSPS) is 11.0. The Morgan fingerprint density at radius 1 is 0.913 bits per heavy atom. The van der Waals surface area contributed by atoms with Crippen molar-refractivity contribution in [2.75, 3.05) is 5.32 Å². The number of carbonyl (C=O) groups excluding carboxylic acids is 2. The second-order valence-corrected chi connectivity index (χ2v) is 5.75. The molecule has 0 saturated carbocycles. The summed E-state index contributed by atoms with van der Waals surface area (Å²) >= 11 is 0. The van der Waals surface area contributed by atoms with Crippen molar-refractivity contribution in [2.24, 2.45) is 0 Å². The number of ketones is 2. The third-order valence-corrected chi connectivity index (χ3v) is 3.64. The van der Waals surface area contributed by atoms with Gasteiger partial charge < -0.3 is 5.32 Å². The van der Waals surface area contributed by atoms with E-state index < -0.39 is 0 Å². The fourth-order valence-electron chi connectivity index (χ4n) is 2.14. The number of Topliss-reactive ketones (excluding diaryl/α,β-unsaturated/α-hetero) is 1. The first kappa shape index (κ1) is 16.7. The minimum atomic E-state index is -0.0480. The highest BCUT2D eigenvalue weighted by Gasteiger charge is 2.03. The van der Waals surface area contributed by atoms with Gasteiger partial charge in [0.25, 0.3) is 0 Å². The zero-order valence-corrected chi connectivity index (χ0v) is 13.7. The van der Waals surface area contributed by atoms with Gasteiger partial charge in [-0.15, -0.1) is 0 Å². The molecule has 2 aromatic carbocycles. The first-order valence-corrected chi connectivity index (χ1v) is 7.66. The molecule has 23 heavy (non-hydrogen) atoms. The van der Waals surface area contributed by atoms with Crippen LogP contribution in [0.5, 0.6) is 0 Å². The fraction of sp³-hybridized carbons (Fsp3) is 0.200. The Morgan fingerprint density at radius 2 is 1.48 bits per heavy atom. The highest BCUT2D eigenvalue weighted by atomic mass is 16.1. The molecule has 0 aliphatic rings. The minimum Gasteiger partial charge on any atom is -0.362 e. The van der Waals surface area contributed by atoms with Gasteiger partial charge in [-0.1, -0.05) is 38.1 Å². The molecule has 3 nitrogen and oxygen atoms in total. The molecule has 118 valence electrons. The average molecular weight is 307 g/mol. The van der Waals surface area contributed by atoms with Gasteiger partial charge in [-0.3, -0.25) is 9.59 Å². The Kier molecular flexibility index (Phi) is 5.47. The number of anilines is 1. The van der Waals surface area contributed by atoms with E-state index in [0.29, 0.717) is 17.0 Å². The Hall–Kier alpha value is -2.68. The van der Waals surface area contributed by atoms with Crippen LogP contribution in [0.25, 0.3) is 0 Å². The van der Waals surface area contributed by atoms with E-state index in [1.165, 1.54) is 18.6 Å². The minimum absolute atomic E-state index is 0.0344. The molecule has 2 rings (SSSR count). The summed E-state index contributed by atoms with van der Waals surface area (Å²) < 4.78 is 0. The van der Waals surface area contributed by atoms with Crippen molar-refractivity contribution < 1.29 is 9.59 Å². The van der Waals surface area contributed by atoms with Crippen LogP contribution in [0.3, 0.4) is 0 Å². The predicted octanol–water partition coefficient (Wildman–Crippen LogP) is 4.82. The van der Waals surface area contributed by atoms with Gasteiger partial charge in [0.1, 0.15) is 0 Å². The molecule has 3 heteroatoms. The van der Waals surface area contributed by atoms with E-state index in [-0.39, 0.29) is 11.6 Å². The molecule has 0 unspecified atom stereocenters. The Bertz CT molecular complexity index is 710. The lowest BCUT2D eigenvalue weighted by molar-refractivity contribution is 0.101. The molecular weight excluding hydrogens is 286 g/mol. The average Bonchev–Trinajstić information content (AvgIpc) is 2.55. The van der Waals surface area contributed by atoms with Crippen LogP contribution in [-0.2, 0) is 0 Å². The van der Waals surface area contributed by atoms with Crippen molar-refractivity contribution in [1.82, 2.24) is 0 Å². The van der Waals surface area contributed by atoms with Gasteiger partial charge in [0.05, 0.1) is 0 Å². The van der Waals surface area contributed by atoms with Crippen molar-refractivity contribution in [3.05, 3.63) is 77.5 Å². The lowest BCUT2D eigenvalue weighted by atomic mass is 10.0. The zero-order valence-electron chi connectivity index (χ0n) is 13.7. The van der Waals surface area contributed by atoms with Crippen molar-refractivity contribution in [3.8, 4) is 0 Å². The number of nitrogens with one attached hydrogen (secondary N) is 1. The number of rotatable bonds is 6. The van der Waals surface area contributed by atoms with Crippen molar-refractivity contribution in [2.45, 2.75) is 26.7 Å². The number of hydrogen-bond acceptors (Lipinski definition) is 3. The highest BCUT2D eigenvalue weighted by molar-refractivity contribution is 6.04. The first-order valence-electron chi connectivity index (χ1n) is 7.66. The van der Waals surface area contributed by atoms with Gasteiger partial charge in [-0.2, -0.15) is 0 Å². The van der Waals surface area contributed by atoms with E-state index in [1.807, 2.05) is 36.4 Å². The predicted molar refractivity (Wildman–Crippen MR) is 94.1 cm³/mol. The molecule has 0 bridgehead atoms. The van der Waals surface area contributed by atoms with Crippen LogP contribution in [0.4, 0.5) is 5.69 Å². The summed E-state index contributed by atoms with van der Waals surface area (Å²) in [5.74, 6) is 0.439. The van der Waals surface area contributed by atoms with E-state index in [0.717, 1.165) is 5.69 Å². The maximum absolute atomic E-state index is 12.1. The summed E-state index contributed by atoms with van der Waals surface area (Å²) in [4.78, 5) is 23.3. The topological polar surface area (TPSA) is 46.2 Å². The summed E-state index contributed by atoms with van der Waals surface area (Å²) in [6.45, 7) is 5.78. The Labute approximate surface area is 137 Å². The van der Waals surface area contributed by atoms with Gasteiger partial charge in [-0.25, -0.2) is 0 Å². The lowest BCUT2D eigenvalue weighted by Gasteiger charge is -2.05. The summed E-state index contributed by atoms with van der Waals surface area (Å²) in [7, 11) is 0. The molecule has 0 atom stereocenters. The van der Waals surface area contributed by atoms with Crippen LogP contribution in [-0.4, -0.2) is 11.6 Å². The molecule has 0 aliphatic heterocycles. The van der Waals surface area contributed by atoms with Crippen LogP contribution in [0.2, 0.25) is 0 Å². The molecule has 0 fully saturated rings. The summed E-state index contributed by atoms with van der Waals surface area (Å²) in [6, 6.07) is 14.8. The highest BCUT2D eigenvalue weighted by Crippen LogP contribution is 2.15. The maximum Gasteiger partial charge on any atom is 0.187 e. The monoisotopic (exact) mass is 307 g/mol. The molecule has 0 aromatic heterocycles. The van der Waals surface area contributed by atoms with E-state index >= 15 is 0 Å². The second-order valence-electron chi connectivity index (χ2n) is 5.75. The van der Waals surface area contributed by atoms with Crippen LogP contribution < -0.4 is 5.32 Å². The van der Waals surface area contributed by atoms with E-state index in [2.05, 4.69) is 19.2 Å². The molecule has 2 aromatic rings. The molecule has 0 aliphatic carbocycles. The number of carbonyl (C=O) groups is 2. The molecule has 0 amide bonds. The third kappa shape index (κ3) is 4.65. The smallest absolute Gasteiger partial charge is 0.187 e. The van der Waals surface area contributed by atoms with Gasteiger partial charge in [-0.05, 0) is 42.7 Å². The molecule has 0 spiro atoms. The summed E-state index contributed by atoms with van der Waals surface area (Å²) in [6.07, 6.45) is 3.12. The number of hydrogen-bond donors (Lipinski definition) is 1. The molecular formula is C20H21NO2. The van der Waals surface area contributed by atoms with Crippen molar-refractivity contribution in [1.29, 1.82) is 0 Å². The third-order valence-electron chi connectivity index (χ3n) is 3.64. The Balaban J connectivity index is 1.96. The standard InChI is InChI=1S/C20H21NO2/c1-14(2)16-4-6-18(7-5-16)20(23)12-13-21-19-10-8-17(9-11-19)15(3)22/h4-14,21H,1-3H3. The SMILES string of the molecule is CC(=O)c1ccc(NC=CC(=O)c2ccc(C(C)C)cc2)cc1. The molecule has 0 saturated heterocycles. The Morgan fingerprint density at radius 3 is 2.00 bits per heavy atom. The maximum atomic E-state index is 12.1. The van der Waals surface area contributed by atoms with Crippen LogP contribution in [0, 0.1) is 0 Å². The summed E-state index contributed by atoms with van der Waals surface area (Å²) in [5, 5.41) is 3.03. The summed E-state index contributed by atoms with van der Waals surface area (Å²) in [5.41, 5.74) is 3.38. The molecule has 1 N–H and O–H groups in total.